The number of fused-ring (bicyclic) bond motifs is 3. The van der Waals surface area contributed by atoms with Crippen LogP contribution in [0.15, 0.2) is 35.3 Å². The van der Waals surface area contributed by atoms with Crippen molar-refractivity contribution in [3.63, 3.8) is 0 Å². The van der Waals surface area contributed by atoms with Gasteiger partial charge < -0.3 is 14.0 Å². The monoisotopic (exact) mass is 440 g/mol. The summed E-state index contributed by atoms with van der Waals surface area (Å²) in [7, 11) is 0. The minimum absolute atomic E-state index is 0.176. The fourth-order valence-corrected chi connectivity index (χ4v) is 5.54. The quantitative estimate of drug-likeness (QED) is 0.601. The Bertz CT molecular complexity index is 1180. The van der Waals surface area contributed by atoms with Crippen molar-refractivity contribution in [1.82, 2.24) is 4.57 Å². The highest BCUT2D eigenvalue weighted by molar-refractivity contribution is 7.98. The van der Waals surface area contributed by atoms with Gasteiger partial charge in [0.1, 0.15) is 13.2 Å². The number of aryl methyl sites for hydroxylation is 3. The number of aromatic nitrogens is 1. The van der Waals surface area contributed by atoms with E-state index in [-0.39, 0.29) is 5.91 Å². The van der Waals surface area contributed by atoms with E-state index >= 15 is 0 Å². The van der Waals surface area contributed by atoms with Crippen LogP contribution in [-0.2, 0) is 19.4 Å². The molecule has 30 heavy (non-hydrogen) atoms. The molecular formula is C23H24N2O3S2. The molecule has 0 N–H and O–H groups in total. The first-order valence-corrected chi connectivity index (χ1v) is 12.6. The highest BCUT2D eigenvalue weighted by Crippen LogP contribution is 2.35. The van der Waals surface area contributed by atoms with Crippen molar-refractivity contribution in [2.45, 2.75) is 32.2 Å². The summed E-state index contributed by atoms with van der Waals surface area (Å²) in [5, 5.41) is 0. The predicted octanol–water partition coefficient (Wildman–Crippen LogP) is 4.46. The number of amides is 1. The molecule has 2 heterocycles. The lowest BCUT2D eigenvalue weighted by Gasteiger charge is -2.18. The maximum Gasteiger partial charge on any atom is 0.279 e. The number of thiazole rings is 1. The first-order chi connectivity index (χ1) is 14.7. The van der Waals surface area contributed by atoms with Gasteiger partial charge in [-0.1, -0.05) is 17.4 Å². The van der Waals surface area contributed by atoms with Crippen molar-refractivity contribution in [3.05, 3.63) is 51.8 Å². The average Bonchev–Trinajstić information content (AvgIpc) is 3.11. The van der Waals surface area contributed by atoms with E-state index in [1.54, 1.807) is 11.8 Å². The number of hydrogen-bond acceptors (Lipinski definition) is 5. The highest BCUT2D eigenvalue weighted by Gasteiger charge is 2.17. The molecular weight excluding hydrogens is 416 g/mol. The van der Waals surface area contributed by atoms with Crippen molar-refractivity contribution in [2.75, 3.05) is 25.2 Å². The standard InChI is InChI=1S/C23H24N2O3S2/c1-29-11-8-25-18-13-19-20(28-10-9-27-19)14-21(18)30-23(25)24-22(26)17-7-6-15-4-2-3-5-16(15)12-17/h6-7,12-14H,2-5,8-11H2,1H3. The van der Waals surface area contributed by atoms with Gasteiger partial charge in [0.05, 0.1) is 10.2 Å². The van der Waals surface area contributed by atoms with Crippen LogP contribution in [0.4, 0.5) is 0 Å². The van der Waals surface area contributed by atoms with Crippen LogP contribution in [0.3, 0.4) is 0 Å². The lowest BCUT2D eigenvalue weighted by atomic mass is 9.90. The number of nitrogens with zero attached hydrogens (tertiary/aromatic N) is 2. The zero-order valence-corrected chi connectivity index (χ0v) is 18.6. The average molecular weight is 441 g/mol. The van der Waals surface area contributed by atoms with Crippen LogP contribution in [0.25, 0.3) is 10.2 Å². The Balaban J connectivity index is 1.58. The van der Waals surface area contributed by atoms with E-state index < -0.39 is 0 Å². The van der Waals surface area contributed by atoms with Crippen LogP contribution < -0.4 is 14.3 Å². The Morgan fingerprint density at radius 3 is 2.67 bits per heavy atom. The van der Waals surface area contributed by atoms with Gasteiger partial charge in [-0.2, -0.15) is 16.8 Å². The van der Waals surface area contributed by atoms with Crippen LogP contribution in [0.5, 0.6) is 11.5 Å². The lowest BCUT2D eigenvalue weighted by Crippen LogP contribution is -2.19. The third-order valence-electron chi connectivity index (χ3n) is 5.66. The van der Waals surface area contributed by atoms with E-state index in [2.05, 4.69) is 21.9 Å². The second-order valence-corrected chi connectivity index (χ2v) is 9.59. The molecule has 0 saturated carbocycles. The molecule has 1 amide bonds. The van der Waals surface area contributed by atoms with E-state index in [0.29, 0.717) is 18.8 Å². The van der Waals surface area contributed by atoms with Gasteiger partial charge >= 0.3 is 0 Å². The molecule has 1 aliphatic heterocycles. The van der Waals surface area contributed by atoms with Crippen LogP contribution in [0.1, 0.15) is 34.3 Å². The molecule has 156 valence electrons. The Morgan fingerprint density at radius 2 is 1.87 bits per heavy atom. The van der Waals surface area contributed by atoms with Crippen molar-refractivity contribution in [1.29, 1.82) is 0 Å². The van der Waals surface area contributed by atoms with Crippen molar-refractivity contribution in [3.8, 4) is 11.5 Å². The van der Waals surface area contributed by atoms with Gasteiger partial charge in [0.2, 0.25) is 0 Å². The summed E-state index contributed by atoms with van der Waals surface area (Å²) in [6.07, 6.45) is 6.68. The van der Waals surface area contributed by atoms with E-state index in [0.717, 1.165) is 51.7 Å². The Hall–Kier alpha value is -2.25. The summed E-state index contributed by atoms with van der Waals surface area (Å²) in [5.41, 5.74) is 4.39. The molecule has 2 aliphatic rings. The molecule has 3 aromatic rings. The number of benzene rings is 2. The van der Waals surface area contributed by atoms with E-state index in [4.69, 9.17) is 9.47 Å². The summed E-state index contributed by atoms with van der Waals surface area (Å²) in [4.78, 5) is 18.3. The van der Waals surface area contributed by atoms with Crippen LogP contribution in [-0.4, -0.2) is 35.7 Å². The normalized spacial score (nSPS) is 16.0. The third kappa shape index (κ3) is 3.76. The Labute approximate surface area is 183 Å². The summed E-state index contributed by atoms with van der Waals surface area (Å²) in [6, 6.07) is 10.1. The Morgan fingerprint density at radius 1 is 1.10 bits per heavy atom. The molecule has 0 atom stereocenters. The molecule has 0 unspecified atom stereocenters. The second kappa shape index (κ2) is 8.47. The smallest absolute Gasteiger partial charge is 0.279 e. The fraction of sp³-hybridized carbons (Fsp3) is 0.391. The van der Waals surface area contributed by atoms with Gasteiger partial charge in [-0.3, -0.25) is 4.79 Å². The number of rotatable bonds is 4. The second-order valence-electron chi connectivity index (χ2n) is 7.60. The lowest BCUT2D eigenvalue weighted by molar-refractivity contribution is 0.0997. The van der Waals surface area contributed by atoms with E-state index in [1.807, 2.05) is 24.3 Å². The van der Waals surface area contributed by atoms with Gasteiger partial charge in [0, 0.05) is 30.0 Å². The van der Waals surface area contributed by atoms with E-state index in [1.165, 1.54) is 35.3 Å². The van der Waals surface area contributed by atoms with Crippen LogP contribution in [0.2, 0.25) is 0 Å². The van der Waals surface area contributed by atoms with Gasteiger partial charge in [0.25, 0.3) is 5.91 Å². The third-order valence-corrected chi connectivity index (χ3v) is 7.29. The minimum Gasteiger partial charge on any atom is -0.486 e. The topological polar surface area (TPSA) is 52.8 Å². The maximum absolute atomic E-state index is 13.0. The number of carbonyl (C=O) groups is 1. The molecule has 5 rings (SSSR count). The molecule has 2 aromatic carbocycles. The van der Waals surface area contributed by atoms with E-state index in [9.17, 15) is 4.79 Å². The molecule has 0 fully saturated rings. The molecule has 1 aromatic heterocycles. The Kier molecular flexibility index (Phi) is 5.56. The predicted molar refractivity (Wildman–Crippen MR) is 122 cm³/mol. The maximum atomic E-state index is 13.0. The molecule has 0 radical (unpaired) electrons. The molecule has 0 spiro atoms. The first-order valence-electron chi connectivity index (χ1n) is 10.4. The van der Waals surface area contributed by atoms with Crippen LogP contribution >= 0.6 is 23.1 Å². The number of thioether (sulfide) groups is 1. The molecule has 1 aliphatic carbocycles. The number of carbonyl (C=O) groups excluding carboxylic acids is 1. The molecule has 0 saturated heterocycles. The zero-order valence-electron chi connectivity index (χ0n) is 17.0. The summed E-state index contributed by atoms with van der Waals surface area (Å²) >= 11 is 3.31. The summed E-state index contributed by atoms with van der Waals surface area (Å²) in [5.74, 6) is 2.29. The van der Waals surface area contributed by atoms with Gasteiger partial charge in [0.15, 0.2) is 16.3 Å². The molecule has 5 nitrogen and oxygen atoms in total. The molecule has 0 bridgehead atoms. The summed E-state index contributed by atoms with van der Waals surface area (Å²) < 4.78 is 14.7. The summed E-state index contributed by atoms with van der Waals surface area (Å²) in [6.45, 7) is 1.91. The largest absolute Gasteiger partial charge is 0.486 e. The van der Waals surface area contributed by atoms with Crippen molar-refractivity contribution < 1.29 is 14.3 Å². The van der Waals surface area contributed by atoms with Crippen molar-refractivity contribution in [2.24, 2.45) is 4.99 Å². The van der Waals surface area contributed by atoms with Gasteiger partial charge in [-0.15, -0.1) is 0 Å². The van der Waals surface area contributed by atoms with Gasteiger partial charge in [-0.25, -0.2) is 0 Å². The minimum atomic E-state index is -0.176. The fourth-order valence-electron chi connectivity index (χ4n) is 4.11. The first kappa shape index (κ1) is 19.7. The SMILES string of the molecule is CSCCn1c(=NC(=O)c2ccc3c(c2)CCCC3)sc2cc3c(cc21)OCCO3. The highest BCUT2D eigenvalue weighted by atomic mass is 32.2. The zero-order chi connectivity index (χ0) is 20.5. The van der Waals surface area contributed by atoms with Crippen LogP contribution in [0, 0.1) is 0 Å². The molecule has 7 heteroatoms. The number of hydrogen-bond donors (Lipinski definition) is 0. The van der Waals surface area contributed by atoms with Crippen molar-refractivity contribution >= 4 is 39.2 Å². The van der Waals surface area contributed by atoms with Gasteiger partial charge in [-0.05, 0) is 55.2 Å². The number of ether oxygens (including phenoxy) is 2.